The molecule has 0 aliphatic carbocycles. The van der Waals surface area contributed by atoms with E-state index in [4.69, 9.17) is 9.47 Å². The van der Waals surface area contributed by atoms with Crippen molar-refractivity contribution in [2.24, 2.45) is 5.92 Å². The van der Waals surface area contributed by atoms with Crippen LogP contribution in [-0.4, -0.2) is 69.7 Å². The number of aromatic nitrogens is 2. The molecule has 0 spiro atoms. The second-order valence-corrected chi connectivity index (χ2v) is 8.12. The highest BCUT2D eigenvalue weighted by atomic mass is 16.6. The van der Waals surface area contributed by atoms with Gasteiger partial charge in [0.25, 0.3) is 0 Å². The van der Waals surface area contributed by atoms with E-state index in [1.54, 1.807) is 23.5 Å². The third-order valence-corrected chi connectivity index (χ3v) is 4.71. The van der Waals surface area contributed by atoms with Crippen LogP contribution in [0.25, 0.3) is 0 Å². The minimum Gasteiger partial charge on any atom is -0.471 e. The van der Waals surface area contributed by atoms with Crippen LogP contribution in [0.4, 0.5) is 4.79 Å². The second-order valence-electron chi connectivity index (χ2n) is 8.12. The number of hydrogen-bond acceptors (Lipinski definition) is 6. The van der Waals surface area contributed by atoms with E-state index in [0.29, 0.717) is 32.1 Å². The fourth-order valence-corrected chi connectivity index (χ4v) is 3.47. The summed E-state index contributed by atoms with van der Waals surface area (Å²) in [5.74, 6) is 0.389. The van der Waals surface area contributed by atoms with Gasteiger partial charge >= 0.3 is 6.09 Å². The van der Waals surface area contributed by atoms with Gasteiger partial charge in [0.05, 0.1) is 18.7 Å². The second kappa shape index (κ2) is 8.10. The first kappa shape index (κ1) is 19.4. The summed E-state index contributed by atoms with van der Waals surface area (Å²) in [6, 6.07) is 0. The number of likely N-dealkylation sites (tertiary alicyclic amines) is 2. The predicted molar refractivity (Wildman–Crippen MR) is 98.2 cm³/mol. The number of ether oxygens (including phenoxy) is 2. The highest BCUT2D eigenvalue weighted by Gasteiger charge is 2.36. The molecule has 0 N–H and O–H groups in total. The monoisotopic (exact) mass is 376 g/mol. The lowest BCUT2D eigenvalue weighted by molar-refractivity contribution is -0.136. The van der Waals surface area contributed by atoms with Gasteiger partial charge in [0.1, 0.15) is 11.7 Å². The Bertz CT molecular complexity index is 661. The third-order valence-electron chi connectivity index (χ3n) is 4.71. The first-order valence-electron chi connectivity index (χ1n) is 9.51. The summed E-state index contributed by atoms with van der Waals surface area (Å²) in [4.78, 5) is 36.8. The minimum atomic E-state index is -0.534. The van der Waals surface area contributed by atoms with Crippen molar-refractivity contribution >= 4 is 12.0 Å². The Morgan fingerprint density at radius 1 is 1.11 bits per heavy atom. The van der Waals surface area contributed by atoms with Gasteiger partial charge in [-0.2, -0.15) is 0 Å². The van der Waals surface area contributed by atoms with Crippen LogP contribution >= 0.6 is 0 Å². The van der Waals surface area contributed by atoms with Crippen LogP contribution in [-0.2, 0) is 9.53 Å². The van der Waals surface area contributed by atoms with Crippen LogP contribution < -0.4 is 4.74 Å². The summed E-state index contributed by atoms with van der Waals surface area (Å²) in [7, 11) is 0. The molecule has 2 fully saturated rings. The van der Waals surface area contributed by atoms with E-state index in [1.165, 1.54) is 0 Å². The van der Waals surface area contributed by atoms with Crippen molar-refractivity contribution in [1.29, 1.82) is 0 Å². The molecule has 3 rings (SSSR count). The number of piperidine rings is 1. The Morgan fingerprint density at radius 2 is 1.93 bits per heavy atom. The van der Waals surface area contributed by atoms with Gasteiger partial charge in [-0.3, -0.25) is 9.78 Å². The Balaban J connectivity index is 1.52. The van der Waals surface area contributed by atoms with Gasteiger partial charge in [0, 0.05) is 38.4 Å². The van der Waals surface area contributed by atoms with E-state index < -0.39 is 5.60 Å². The van der Waals surface area contributed by atoms with Crippen molar-refractivity contribution in [2.45, 2.75) is 51.7 Å². The lowest BCUT2D eigenvalue weighted by atomic mass is 9.97. The molecule has 0 bridgehead atoms. The maximum absolute atomic E-state index is 12.9. The quantitative estimate of drug-likeness (QED) is 0.803. The van der Waals surface area contributed by atoms with Crippen LogP contribution in [0, 0.1) is 5.92 Å². The highest BCUT2D eigenvalue weighted by molar-refractivity contribution is 5.80. The van der Waals surface area contributed by atoms with E-state index in [2.05, 4.69) is 9.97 Å². The van der Waals surface area contributed by atoms with Crippen molar-refractivity contribution in [3.63, 3.8) is 0 Å². The van der Waals surface area contributed by atoms with Crippen LogP contribution in [0.1, 0.15) is 40.0 Å². The van der Waals surface area contributed by atoms with Crippen molar-refractivity contribution in [3.8, 4) is 5.88 Å². The third kappa shape index (κ3) is 5.30. The van der Waals surface area contributed by atoms with Crippen LogP contribution in [0.3, 0.4) is 0 Å². The summed E-state index contributed by atoms with van der Waals surface area (Å²) in [6.07, 6.45) is 6.71. The fraction of sp³-hybridized carbons (Fsp3) is 0.684. The molecule has 2 saturated heterocycles. The molecular weight excluding hydrogens is 348 g/mol. The molecule has 0 radical (unpaired) electrons. The van der Waals surface area contributed by atoms with Crippen LogP contribution in [0.15, 0.2) is 18.6 Å². The number of nitrogens with zero attached hydrogens (tertiary/aromatic N) is 4. The fourth-order valence-electron chi connectivity index (χ4n) is 3.47. The minimum absolute atomic E-state index is 0.0730. The lowest BCUT2D eigenvalue weighted by Gasteiger charge is -2.35. The topological polar surface area (TPSA) is 84.9 Å². The maximum Gasteiger partial charge on any atom is 0.410 e. The lowest BCUT2D eigenvalue weighted by Crippen LogP contribution is -2.47. The Kier molecular flexibility index (Phi) is 5.82. The number of carbonyl (C=O) groups excluding carboxylic acids is 2. The molecule has 0 aromatic carbocycles. The molecule has 2 atom stereocenters. The van der Waals surface area contributed by atoms with E-state index in [9.17, 15) is 9.59 Å². The zero-order valence-corrected chi connectivity index (χ0v) is 16.3. The summed E-state index contributed by atoms with van der Waals surface area (Å²) in [5.41, 5.74) is -0.534. The van der Waals surface area contributed by atoms with Crippen molar-refractivity contribution < 1.29 is 19.1 Å². The predicted octanol–water partition coefficient (Wildman–Crippen LogP) is 2.10. The van der Waals surface area contributed by atoms with E-state index in [1.807, 2.05) is 25.7 Å². The molecule has 2 aliphatic rings. The smallest absolute Gasteiger partial charge is 0.410 e. The average Bonchev–Trinajstić information content (AvgIpc) is 3.09. The molecule has 1 aromatic heterocycles. The molecular formula is C19H28N4O4. The normalized spacial score (nSPS) is 23.2. The van der Waals surface area contributed by atoms with E-state index in [0.717, 1.165) is 19.3 Å². The van der Waals surface area contributed by atoms with E-state index in [-0.39, 0.29) is 24.0 Å². The van der Waals surface area contributed by atoms with Gasteiger partial charge in [-0.05, 0) is 33.6 Å². The zero-order chi connectivity index (χ0) is 19.4. The summed E-state index contributed by atoms with van der Waals surface area (Å²) in [5, 5.41) is 0. The largest absolute Gasteiger partial charge is 0.471 e. The Hall–Kier alpha value is -2.38. The van der Waals surface area contributed by atoms with Crippen LogP contribution in [0.5, 0.6) is 5.88 Å². The summed E-state index contributed by atoms with van der Waals surface area (Å²) < 4.78 is 11.2. The molecule has 2 amide bonds. The zero-order valence-electron chi connectivity index (χ0n) is 16.3. The van der Waals surface area contributed by atoms with Crippen molar-refractivity contribution in [2.75, 3.05) is 26.2 Å². The molecule has 2 aliphatic heterocycles. The molecule has 8 nitrogen and oxygen atoms in total. The highest BCUT2D eigenvalue weighted by Crippen LogP contribution is 2.24. The molecule has 3 heterocycles. The molecule has 8 heteroatoms. The van der Waals surface area contributed by atoms with Gasteiger partial charge in [-0.25, -0.2) is 9.78 Å². The SMILES string of the molecule is CC(C)(C)OC(=O)N1CCCC(C(=O)N2CCC(Oc3cnccn3)C2)C1. The average molecular weight is 376 g/mol. The standard InChI is InChI=1S/C19H28N4O4/c1-19(2,3)27-18(25)23-9-4-5-14(12-23)17(24)22-10-6-15(13-22)26-16-11-20-7-8-21-16/h7-8,11,14-15H,4-6,9-10,12-13H2,1-3H3. The maximum atomic E-state index is 12.9. The summed E-state index contributed by atoms with van der Waals surface area (Å²) in [6.45, 7) is 7.79. The van der Waals surface area contributed by atoms with Gasteiger partial charge in [0.15, 0.2) is 0 Å². The molecule has 27 heavy (non-hydrogen) atoms. The first-order valence-corrected chi connectivity index (χ1v) is 9.51. The van der Waals surface area contributed by atoms with Gasteiger partial charge in [-0.1, -0.05) is 0 Å². The van der Waals surface area contributed by atoms with Gasteiger partial charge < -0.3 is 19.3 Å². The Morgan fingerprint density at radius 3 is 2.63 bits per heavy atom. The number of carbonyl (C=O) groups is 2. The van der Waals surface area contributed by atoms with Gasteiger partial charge in [0.2, 0.25) is 11.8 Å². The number of hydrogen-bond donors (Lipinski definition) is 0. The molecule has 2 unspecified atom stereocenters. The van der Waals surface area contributed by atoms with E-state index >= 15 is 0 Å². The summed E-state index contributed by atoms with van der Waals surface area (Å²) >= 11 is 0. The number of amides is 2. The molecule has 0 saturated carbocycles. The molecule has 148 valence electrons. The van der Waals surface area contributed by atoms with Crippen molar-refractivity contribution in [1.82, 2.24) is 19.8 Å². The first-order chi connectivity index (χ1) is 12.8. The number of rotatable bonds is 3. The van der Waals surface area contributed by atoms with Crippen molar-refractivity contribution in [3.05, 3.63) is 18.6 Å². The molecule has 1 aromatic rings. The van der Waals surface area contributed by atoms with Crippen LogP contribution in [0.2, 0.25) is 0 Å². The Labute approximate surface area is 159 Å². The van der Waals surface area contributed by atoms with Gasteiger partial charge in [-0.15, -0.1) is 0 Å².